The van der Waals surface area contributed by atoms with Crippen LogP contribution in [0.3, 0.4) is 0 Å². The molecule has 0 bridgehead atoms. The van der Waals surface area contributed by atoms with E-state index in [1.807, 2.05) is 49.4 Å². The molecule has 0 spiro atoms. The van der Waals surface area contributed by atoms with Crippen molar-refractivity contribution < 1.29 is 14.3 Å². The highest BCUT2D eigenvalue weighted by Crippen LogP contribution is 2.25. The number of nitrogens with one attached hydrogen (secondary N) is 1. The fraction of sp³-hybridized carbons (Fsp3) is 0.375. The van der Waals surface area contributed by atoms with E-state index >= 15 is 0 Å². The maximum Gasteiger partial charge on any atom is 0.262 e. The van der Waals surface area contributed by atoms with Crippen LogP contribution in [0.25, 0.3) is 10.9 Å². The van der Waals surface area contributed by atoms with Gasteiger partial charge in [0.25, 0.3) is 5.56 Å². The molecule has 3 aromatic rings. The summed E-state index contributed by atoms with van der Waals surface area (Å²) in [6, 6.07) is 14.7. The SMILES string of the molecule is CCCOc1ccccc1NC(=O)CSc1nc2ccccc2c(=O)n1CC1CCCO1. The first-order chi connectivity index (χ1) is 15.7. The molecule has 1 aliphatic rings. The largest absolute Gasteiger partial charge is 0.491 e. The van der Waals surface area contributed by atoms with E-state index in [4.69, 9.17) is 9.47 Å². The molecule has 0 radical (unpaired) electrons. The first-order valence-electron chi connectivity index (χ1n) is 10.9. The van der Waals surface area contributed by atoms with Crippen LogP contribution in [-0.4, -0.2) is 40.5 Å². The summed E-state index contributed by atoms with van der Waals surface area (Å²) in [5, 5.41) is 4.00. The van der Waals surface area contributed by atoms with Gasteiger partial charge < -0.3 is 14.8 Å². The van der Waals surface area contributed by atoms with Crippen LogP contribution in [0.15, 0.2) is 58.5 Å². The highest BCUT2D eigenvalue weighted by Gasteiger charge is 2.21. The highest BCUT2D eigenvalue weighted by atomic mass is 32.2. The molecule has 1 unspecified atom stereocenters. The Kier molecular flexibility index (Phi) is 7.44. The van der Waals surface area contributed by atoms with Gasteiger partial charge in [0.15, 0.2) is 5.16 Å². The number of amides is 1. The van der Waals surface area contributed by atoms with E-state index in [1.54, 1.807) is 10.6 Å². The molecule has 2 aromatic carbocycles. The Hall–Kier alpha value is -2.84. The number of nitrogens with zero attached hydrogens (tertiary/aromatic N) is 2. The van der Waals surface area contributed by atoms with Crippen molar-refractivity contribution in [3.05, 3.63) is 58.9 Å². The number of thioether (sulfide) groups is 1. The third-order valence-electron chi connectivity index (χ3n) is 5.19. The molecule has 8 heteroatoms. The van der Waals surface area contributed by atoms with E-state index in [2.05, 4.69) is 10.3 Å². The Labute approximate surface area is 191 Å². The number of anilines is 1. The molecule has 7 nitrogen and oxygen atoms in total. The van der Waals surface area contributed by atoms with Crippen LogP contribution in [-0.2, 0) is 16.1 Å². The zero-order chi connectivity index (χ0) is 22.3. The van der Waals surface area contributed by atoms with E-state index in [0.29, 0.717) is 47.3 Å². The van der Waals surface area contributed by atoms with Gasteiger partial charge in [0.2, 0.25) is 5.91 Å². The second-order valence-corrected chi connectivity index (χ2v) is 8.59. The first kappa shape index (κ1) is 22.4. The lowest BCUT2D eigenvalue weighted by Crippen LogP contribution is -2.29. The van der Waals surface area contributed by atoms with Gasteiger partial charge in [-0.1, -0.05) is 43.0 Å². The summed E-state index contributed by atoms with van der Waals surface area (Å²) in [6.45, 7) is 3.77. The lowest BCUT2D eigenvalue weighted by molar-refractivity contribution is -0.113. The van der Waals surface area contributed by atoms with Gasteiger partial charge in [0.1, 0.15) is 5.75 Å². The van der Waals surface area contributed by atoms with Gasteiger partial charge in [-0.15, -0.1) is 0 Å². The van der Waals surface area contributed by atoms with E-state index in [-0.39, 0.29) is 23.3 Å². The first-order valence-corrected chi connectivity index (χ1v) is 11.9. The fourth-order valence-corrected chi connectivity index (χ4v) is 4.44. The summed E-state index contributed by atoms with van der Waals surface area (Å²) in [5.74, 6) is 0.582. The van der Waals surface area contributed by atoms with E-state index < -0.39 is 0 Å². The second kappa shape index (κ2) is 10.7. The second-order valence-electron chi connectivity index (χ2n) is 7.64. The minimum atomic E-state index is -0.186. The molecule has 1 aromatic heterocycles. The number of rotatable bonds is 9. The van der Waals surface area contributed by atoms with E-state index in [0.717, 1.165) is 19.3 Å². The Bertz CT molecular complexity index is 1140. The Morgan fingerprint density at radius 1 is 1.25 bits per heavy atom. The van der Waals surface area contributed by atoms with Crippen LogP contribution in [0, 0.1) is 0 Å². The molecule has 1 atom stereocenters. The topological polar surface area (TPSA) is 82.5 Å². The van der Waals surface area contributed by atoms with Crippen molar-refractivity contribution in [3.8, 4) is 5.75 Å². The third-order valence-corrected chi connectivity index (χ3v) is 6.17. The lowest BCUT2D eigenvalue weighted by atomic mass is 10.2. The number of hydrogen-bond donors (Lipinski definition) is 1. The fourth-order valence-electron chi connectivity index (χ4n) is 3.63. The minimum Gasteiger partial charge on any atom is -0.491 e. The summed E-state index contributed by atoms with van der Waals surface area (Å²) in [7, 11) is 0. The molecule has 1 aliphatic heterocycles. The molecule has 168 valence electrons. The third kappa shape index (κ3) is 5.31. The maximum atomic E-state index is 13.2. The predicted molar refractivity (Wildman–Crippen MR) is 127 cm³/mol. The van der Waals surface area contributed by atoms with Crippen molar-refractivity contribution in [2.75, 3.05) is 24.3 Å². The van der Waals surface area contributed by atoms with E-state index in [9.17, 15) is 9.59 Å². The molecule has 1 saturated heterocycles. The molecular formula is C24H27N3O4S. The normalized spacial score (nSPS) is 15.7. The van der Waals surface area contributed by atoms with Crippen molar-refractivity contribution in [1.29, 1.82) is 0 Å². The Morgan fingerprint density at radius 2 is 2.06 bits per heavy atom. The molecule has 1 N–H and O–H groups in total. The number of aromatic nitrogens is 2. The molecule has 0 saturated carbocycles. The van der Waals surface area contributed by atoms with Crippen LogP contribution in [0.4, 0.5) is 5.69 Å². The van der Waals surface area contributed by atoms with Crippen LogP contribution in [0.2, 0.25) is 0 Å². The van der Waals surface area contributed by atoms with Crippen molar-refractivity contribution in [2.45, 2.75) is 44.0 Å². The average molecular weight is 454 g/mol. The highest BCUT2D eigenvalue weighted by molar-refractivity contribution is 7.99. The summed E-state index contributed by atoms with van der Waals surface area (Å²) in [5.41, 5.74) is 1.16. The van der Waals surface area contributed by atoms with Gasteiger partial charge in [0.05, 0.1) is 41.6 Å². The number of carbonyl (C=O) groups excluding carboxylic acids is 1. The van der Waals surface area contributed by atoms with Crippen LogP contribution in [0.5, 0.6) is 5.75 Å². The zero-order valence-corrected chi connectivity index (χ0v) is 18.9. The van der Waals surface area contributed by atoms with Crippen LogP contribution < -0.4 is 15.6 Å². The number of carbonyl (C=O) groups is 1. The Morgan fingerprint density at radius 3 is 2.88 bits per heavy atom. The number of ether oxygens (including phenoxy) is 2. The van der Waals surface area contributed by atoms with Gasteiger partial charge in [-0.3, -0.25) is 14.2 Å². The predicted octanol–water partition coefficient (Wildman–Crippen LogP) is 4.10. The maximum absolute atomic E-state index is 13.2. The van der Waals surface area contributed by atoms with Crippen LogP contribution >= 0.6 is 11.8 Å². The molecule has 32 heavy (non-hydrogen) atoms. The molecule has 4 rings (SSSR count). The van der Waals surface area contributed by atoms with E-state index in [1.165, 1.54) is 11.8 Å². The summed E-state index contributed by atoms with van der Waals surface area (Å²) in [6.07, 6.45) is 2.78. The number of para-hydroxylation sites is 3. The lowest BCUT2D eigenvalue weighted by Gasteiger charge is -2.16. The molecule has 1 amide bonds. The smallest absolute Gasteiger partial charge is 0.262 e. The molecular weight excluding hydrogens is 426 g/mol. The van der Waals surface area contributed by atoms with Crippen molar-refractivity contribution >= 4 is 34.3 Å². The van der Waals surface area contributed by atoms with Gasteiger partial charge in [0, 0.05) is 6.61 Å². The van der Waals surface area contributed by atoms with Gasteiger partial charge in [-0.2, -0.15) is 0 Å². The molecule has 2 heterocycles. The Balaban J connectivity index is 1.52. The standard InChI is InChI=1S/C24H27N3O4S/c1-2-13-31-21-12-6-5-11-20(21)25-22(28)16-32-24-26-19-10-4-3-9-18(19)23(29)27(24)15-17-8-7-14-30-17/h3-6,9-12,17H,2,7-8,13-16H2,1H3,(H,25,28). The molecule has 1 fully saturated rings. The average Bonchev–Trinajstić information content (AvgIpc) is 3.32. The summed E-state index contributed by atoms with van der Waals surface area (Å²) in [4.78, 5) is 30.5. The van der Waals surface area contributed by atoms with Gasteiger partial charge >= 0.3 is 0 Å². The quantitative estimate of drug-likeness (QED) is 0.388. The van der Waals surface area contributed by atoms with Crippen molar-refractivity contribution in [3.63, 3.8) is 0 Å². The van der Waals surface area contributed by atoms with Gasteiger partial charge in [-0.05, 0) is 43.5 Å². The number of fused-ring (bicyclic) bond motifs is 1. The number of benzene rings is 2. The number of hydrogen-bond acceptors (Lipinski definition) is 6. The summed E-state index contributed by atoms with van der Waals surface area (Å²) < 4.78 is 13.1. The summed E-state index contributed by atoms with van der Waals surface area (Å²) >= 11 is 1.25. The zero-order valence-electron chi connectivity index (χ0n) is 18.1. The monoisotopic (exact) mass is 453 g/mol. The van der Waals surface area contributed by atoms with Crippen molar-refractivity contribution in [1.82, 2.24) is 9.55 Å². The van der Waals surface area contributed by atoms with Crippen LogP contribution in [0.1, 0.15) is 26.2 Å². The molecule has 0 aliphatic carbocycles. The minimum absolute atomic E-state index is 0.00794. The van der Waals surface area contributed by atoms with Crippen molar-refractivity contribution in [2.24, 2.45) is 0 Å². The van der Waals surface area contributed by atoms with Gasteiger partial charge in [-0.25, -0.2) is 4.98 Å².